The van der Waals surface area contributed by atoms with Crippen LogP contribution >= 0.6 is 11.6 Å². The number of ketones is 1. The van der Waals surface area contributed by atoms with Gasteiger partial charge in [-0.15, -0.1) is 0 Å². The van der Waals surface area contributed by atoms with E-state index in [2.05, 4.69) is 0 Å². The van der Waals surface area contributed by atoms with E-state index in [0.717, 1.165) is 5.56 Å². The zero-order valence-electron chi connectivity index (χ0n) is 9.58. The number of hydrogen-bond donors (Lipinski definition) is 1. The fourth-order valence-electron chi connectivity index (χ4n) is 1.43. The van der Waals surface area contributed by atoms with Crippen LogP contribution in [0.1, 0.15) is 30.6 Å². The summed E-state index contributed by atoms with van der Waals surface area (Å²) in [5.41, 5.74) is 1.27. The Morgan fingerprint density at radius 1 is 1.56 bits per heavy atom. The summed E-state index contributed by atoms with van der Waals surface area (Å²) in [6, 6.07) is 3.29. The van der Waals surface area contributed by atoms with E-state index in [1.165, 1.54) is 7.11 Å². The number of aliphatic hydroxyl groups is 1. The highest BCUT2D eigenvalue weighted by Gasteiger charge is 2.20. The molecule has 1 aromatic carbocycles. The van der Waals surface area contributed by atoms with Gasteiger partial charge in [-0.2, -0.15) is 0 Å². The number of methoxy groups -OCH3 is 1. The standard InChI is InChI=1S/C12H15ClO3/c1-4-10(14)12(15)8-6-9(13)7(2)5-11(8)16-3/h5-6,12,15H,4H2,1-3H3. The van der Waals surface area contributed by atoms with Crippen molar-refractivity contribution in [3.8, 4) is 5.75 Å². The van der Waals surface area contributed by atoms with Gasteiger partial charge < -0.3 is 9.84 Å². The van der Waals surface area contributed by atoms with Crippen LogP contribution < -0.4 is 4.74 Å². The lowest BCUT2D eigenvalue weighted by molar-refractivity contribution is -0.127. The molecule has 0 aromatic heterocycles. The summed E-state index contributed by atoms with van der Waals surface area (Å²) in [6.45, 7) is 3.54. The Kier molecular flexibility index (Phi) is 4.33. The third kappa shape index (κ3) is 2.54. The molecule has 0 bridgehead atoms. The molecule has 16 heavy (non-hydrogen) atoms. The molecule has 0 amide bonds. The first-order valence-electron chi connectivity index (χ1n) is 5.06. The van der Waals surface area contributed by atoms with Gasteiger partial charge in [-0.1, -0.05) is 18.5 Å². The molecule has 4 heteroatoms. The van der Waals surface area contributed by atoms with Gasteiger partial charge in [0.2, 0.25) is 0 Å². The number of carbonyl (C=O) groups is 1. The largest absolute Gasteiger partial charge is 0.496 e. The molecule has 0 fully saturated rings. The minimum atomic E-state index is -1.17. The quantitative estimate of drug-likeness (QED) is 0.883. The van der Waals surface area contributed by atoms with Crippen LogP contribution in [0.3, 0.4) is 0 Å². The molecule has 88 valence electrons. The number of halogens is 1. The van der Waals surface area contributed by atoms with Crippen LogP contribution in [-0.2, 0) is 4.79 Å². The number of Topliss-reactive ketones (excluding diaryl/α,β-unsaturated/α-hetero) is 1. The third-order valence-corrected chi connectivity index (χ3v) is 2.87. The molecule has 0 saturated heterocycles. The zero-order chi connectivity index (χ0) is 12.3. The molecule has 0 aliphatic carbocycles. The molecule has 1 aromatic rings. The van der Waals surface area contributed by atoms with E-state index in [0.29, 0.717) is 16.3 Å². The first-order chi connectivity index (χ1) is 7.51. The first-order valence-corrected chi connectivity index (χ1v) is 5.43. The number of carbonyl (C=O) groups excluding carboxylic acids is 1. The van der Waals surface area contributed by atoms with Crippen molar-refractivity contribution in [1.29, 1.82) is 0 Å². The van der Waals surface area contributed by atoms with Crippen LogP contribution in [0.15, 0.2) is 12.1 Å². The van der Waals surface area contributed by atoms with Crippen molar-refractivity contribution >= 4 is 17.4 Å². The average molecular weight is 243 g/mol. The monoisotopic (exact) mass is 242 g/mol. The number of rotatable bonds is 4. The summed E-state index contributed by atoms with van der Waals surface area (Å²) in [5, 5.41) is 10.3. The van der Waals surface area contributed by atoms with Crippen LogP contribution in [0, 0.1) is 6.92 Å². The van der Waals surface area contributed by atoms with Gasteiger partial charge in [0.25, 0.3) is 0 Å². The van der Waals surface area contributed by atoms with Gasteiger partial charge in [-0.25, -0.2) is 0 Å². The van der Waals surface area contributed by atoms with Gasteiger partial charge >= 0.3 is 0 Å². The summed E-state index contributed by atoms with van der Waals surface area (Å²) in [5.74, 6) is 0.231. The molecule has 1 unspecified atom stereocenters. The lowest BCUT2D eigenvalue weighted by Crippen LogP contribution is -2.12. The molecule has 0 spiro atoms. The van der Waals surface area contributed by atoms with Crippen molar-refractivity contribution < 1.29 is 14.6 Å². The van der Waals surface area contributed by atoms with E-state index in [4.69, 9.17) is 16.3 Å². The first kappa shape index (κ1) is 13.0. The summed E-state index contributed by atoms with van der Waals surface area (Å²) < 4.78 is 5.13. The maximum atomic E-state index is 11.4. The van der Waals surface area contributed by atoms with E-state index >= 15 is 0 Å². The van der Waals surface area contributed by atoms with Crippen LogP contribution in [0.25, 0.3) is 0 Å². The molecule has 0 heterocycles. The molecular weight excluding hydrogens is 228 g/mol. The number of hydrogen-bond acceptors (Lipinski definition) is 3. The highest BCUT2D eigenvalue weighted by Crippen LogP contribution is 2.31. The van der Waals surface area contributed by atoms with Crippen LogP contribution in [0.4, 0.5) is 0 Å². The zero-order valence-corrected chi connectivity index (χ0v) is 10.3. The van der Waals surface area contributed by atoms with Crippen LogP contribution in [0.2, 0.25) is 5.02 Å². The minimum absolute atomic E-state index is 0.252. The van der Waals surface area contributed by atoms with Gasteiger partial charge in [0.05, 0.1) is 7.11 Å². The summed E-state index contributed by atoms with van der Waals surface area (Å²) in [4.78, 5) is 11.4. The average Bonchev–Trinajstić information content (AvgIpc) is 2.30. The maximum Gasteiger partial charge on any atom is 0.165 e. The molecule has 3 nitrogen and oxygen atoms in total. The number of ether oxygens (including phenoxy) is 1. The highest BCUT2D eigenvalue weighted by molar-refractivity contribution is 6.31. The van der Waals surface area contributed by atoms with E-state index in [1.54, 1.807) is 19.1 Å². The van der Waals surface area contributed by atoms with E-state index < -0.39 is 6.10 Å². The predicted octanol–water partition coefficient (Wildman–Crippen LogP) is 2.67. The summed E-state index contributed by atoms with van der Waals surface area (Å²) >= 11 is 5.96. The van der Waals surface area contributed by atoms with Gasteiger partial charge in [0.1, 0.15) is 11.9 Å². The molecular formula is C12H15ClO3. The van der Waals surface area contributed by atoms with Crippen molar-refractivity contribution in [3.05, 3.63) is 28.3 Å². The Balaban J connectivity index is 3.21. The smallest absolute Gasteiger partial charge is 0.165 e. The molecule has 0 saturated carbocycles. The summed E-state index contributed by atoms with van der Waals surface area (Å²) in [7, 11) is 1.50. The molecule has 1 atom stereocenters. The molecule has 0 radical (unpaired) electrons. The fraction of sp³-hybridized carbons (Fsp3) is 0.417. The second kappa shape index (κ2) is 5.32. The minimum Gasteiger partial charge on any atom is -0.496 e. The van der Waals surface area contributed by atoms with E-state index in [1.807, 2.05) is 6.92 Å². The predicted molar refractivity (Wildman–Crippen MR) is 63.0 cm³/mol. The van der Waals surface area contributed by atoms with E-state index in [-0.39, 0.29) is 12.2 Å². The fourth-order valence-corrected chi connectivity index (χ4v) is 1.60. The van der Waals surface area contributed by atoms with Crippen LogP contribution in [0.5, 0.6) is 5.75 Å². The van der Waals surface area contributed by atoms with Gasteiger partial charge in [0.15, 0.2) is 5.78 Å². The normalized spacial score (nSPS) is 12.3. The number of aliphatic hydroxyl groups excluding tert-OH is 1. The molecule has 0 aliphatic heterocycles. The van der Waals surface area contributed by atoms with Gasteiger partial charge in [0, 0.05) is 17.0 Å². The second-order valence-corrected chi connectivity index (χ2v) is 3.97. The Morgan fingerprint density at radius 3 is 2.69 bits per heavy atom. The van der Waals surface area contributed by atoms with Gasteiger partial charge in [-0.3, -0.25) is 4.79 Å². The highest BCUT2D eigenvalue weighted by atomic mass is 35.5. The maximum absolute atomic E-state index is 11.4. The van der Waals surface area contributed by atoms with Crippen molar-refractivity contribution in [3.63, 3.8) is 0 Å². The Bertz CT molecular complexity index is 401. The lowest BCUT2D eigenvalue weighted by Gasteiger charge is -2.14. The van der Waals surface area contributed by atoms with Crippen molar-refractivity contribution in [2.24, 2.45) is 0 Å². The topological polar surface area (TPSA) is 46.5 Å². The number of benzene rings is 1. The summed E-state index contributed by atoms with van der Waals surface area (Å²) in [6.07, 6.45) is -0.895. The lowest BCUT2D eigenvalue weighted by atomic mass is 10.0. The van der Waals surface area contributed by atoms with E-state index in [9.17, 15) is 9.90 Å². The molecule has 0 aliphatic rings. The Labute approximate surface area is 100.0 Å². The van der Waals surface area contributed by atoms with Gasteiger partial charge in [-0.05, 0) is 24.6 Å². The second-order valence-electron chi connectivity index (χ2n) is 3.57. The Hall–Kier alpha value is -1.06. The number of aryl methyl sites for hydroxylation is 1. The van der Waals surface area contributed by atoms with Crippen molar-refractivity contribution in [1.82, 2.24) is 0 Å². The van der Waals surface area contributed by atoms with Crippen molar-refractivity contribution in [2.75, 3.05) is 7.11 Å². The van der Waals surface area contributed by atoms with Crippen molar-refractivity contribution in [2.45, 2.75) is 26.4 Å². The Morgan fingerprint density at radius 2 is 2.19 bits per heavy atom. The molecule has 1 N–H and O–H groups in total. The third-order valence-electron chi connectivity index (χ3n) is 2.46. The van der Waals surface area contributed by atoms with Crippen LogP contribution in [-0.4, -0.2) is 18.0 Å². The molecule has 1 rings (SSSR count). The SMILES string of the molecule is CCC(=O)C(O)c1cc(Cl)c(C)cc1OC.